The van der Waals surface area contributed by atoms with Gasteiger partial charge in [-0.25, -0.2) is 9.97 Å². The topological polar surface area (TPSA) is 87.5 Å². The Labute approximate surface area is 240 Å². The van der Waals surface area contributed by atoms with Crippen molar-refractivity contribution in [2.45, 2.75) is 24.8 Å². The zero-order chi connectivity index (χ0) is 28.7. The molecule has 0 unspecified atom stereocenters. The van der Waals surface area contributed by atoms with Gasteiger partial charge in [0.05, 0.1) is 29.9 Å². The van der Waals surface area contributed by atoms with E-state index in [0.717, 1.165) is 36.0 Å². The van der Waals surface area contributed by atoms with Gasteiger partial charge < -0.3 is 29.7 Å². The standard InChI is InChI=1S/C32H37N7O2/c1-6-30(40)34-25-15-26(29(41-5)16-28(25)38(4)14-13-37(2)3)36-31-33-12-11-24(35-31)23-20-39(32-17-21(18-32)19-32)27-10-8-7-9-22(23)27/h6-12,15-16,20-21H,1,13-14,17-19H2,2-5H3,(H,34,40)(H,33,35,36). The fraction of sp³-hybridized carbons (Fsp3) is 0.344. The maximum Gasteiger partial charge on any atom is 0.247 e. The molecule has 2 N–H and O–H groups in total. The molecule has 41 heavy (non-hydrogen) atoms. The average molecular weight is 552 g/mol. The molecule has 212 valence electrons. The third-order valence-electron chi connectivity index (χ3n) is 8.46. The van der Waals surface area contributed by atoms with Crippen molar-refractivity contribution in [3.63, 3.8) is 0 Å². The fourth-order valence-electron chi connectivity index (χ4n) is 6.10. The lowest BCUT2D eigenvalue weighted by atomic mass is 9.49. The van der Waals surface area contributed by atoms with E-state index in [0.29, 0.717) is 23.1 Å². The molecule has 2 aromatic carbocycles. The summed E-state index contributed by atoms with van der Waals surface area (Å²) in [7, 11) is 7.68. The first-order chi connectivity index (χ1) is 19.8. The number of rotatable bonds is 11. The summed E-state index contributed by atoms with van der Waals surface area (Å²) in [5.41, 5.74) is 5.59. The van der Waals surface area contributed by atoms with Gasteiger partial charge in [-0.1, -0.05) is 24.8 Å². The number of likely N-dealkylation sites (N-methyl/N-ethyl adjacent to an activating group) is 2. The van der Waals surface area contributed by atoms with Crippen LogP contribution in [-0.4, -0.2) is 66.7 Å². The van der Waals surface area contributed by atoms with Crippen molar-refractivity contribution in [3.05, 3.63) is 67.5 Å². The number of nitrogens with zero attached hydrogens (tertiary/aromatic N) is 5. The van der Waals surface area contributed by atoms with Crippen molar-refractivity contribution in [3.8, 4) is 17.0 Å². The van der Waals surface area contributed by atoms with Crippen LogP contribution >= 0.6 is 0 Å². The fourth-order valence-corrected chi connectivity index (χ4v) is 6.10. The van der Waals surface area contributed by atoms with E-state index in [2.05, 4.69) is 67.0 Å². The minimum absolute atomic E-state index is 0.276. The average Bonchev–Trinajstić information content (AvgIpc) is 3.29. The molecule has 7 rings (SSSR count). The molecule has 2 aromatic heterocycles. The van der Waals surface area contributed by atoms with E-state index in [-0.39, 0.29) is 11.4 Å². The minimum atomic E-state index is -0.290. The first kappa shape index (κ1) is 26.8. The van der Waals surface area contributed by atoms with Crippen LogP contribution in [0.1, 0.15) is 19.3 Å². The molecule has 3 fully saturated rings. The van der Waals surface area contributed by atoms with Crippen LogP contribution in [0.4, 0.5) is 23.0 Å². The Bertz CT molecular complexity index is 1610. The SMILES string of the molecule is C=CC(=O)Nc1cc(Nc2nccc(-c3cn(C45CC(C4)C5)c4ccccc34)n2)c(OC)cc1N(C)CCN(C)C. The van der Waals surface area contributed by atoms with Gasteiger partial charge in [0.15, 0.2) is 0 Å². The van der Waals surface area contributed by atoms with Gasteiger partial charge in [-0.05, 0) is 63.6 Å². The number of para-hydroxylation sites is 1. The van der Waals surface area contributed by atoms with E-state index >= 15 is 0 Å². The van der Waals surface area contributed by atoms with Gasteiger partial charge in [-0.15, -0.1) is 0 Å². The van der Waals surface area contributed by atoms with E-state index in [1.54, 1.807) is 13.3 Å². The highest BCUT2D eigenvalue weighted by molar-refractivity contribution is 6.02. The molecule has 0 spiro atoms. The van der Waals surface area contributed by atoms with Gasteiger partial charge in [0.1, 0.15) is 5.75 Å². The quantitative estimate of drug-likeness (QED) is 0.239. The first-order valence-electron chi connectivity index (χ1n) is 14.0. The van der Waals surface area contributed by atoms with Crippen LogP contribution in [0.2, 0.25) is 0 Å². The summed E-state index contributed by atoms with van der Waals surface area (Å²) in [6.45, 7) is 5.23. The molecule has 0 radical (unpaired) electrons. The Kier molecular flexibility index (Phi) is 6.91. The number of hydrogen-bond donors (Lipinski definition) is 2. The second-order valence-corrected chi connectivity index (χ2v) is 11.5. The predicted molar refractivity (Wildman–Crippen MR) is 165 cm³/mol. The maximum absolute atomic E-state index is 12.3. The number of benzene rings is 2. The van der Waals surface area contributed by atoms with Crippen LogP contribution in [0, 0.1) is 5.92 Å². The number of amides is 1. The highest BCUT2D eigenvalue weighted by Crippen LogP contribution is 2.63. The summed E-state index contributed by atoms with van der Waals surface area (Å²) >= 11 is 0. The van der Waals surface area contributed by atoms with E-state index in [1.165, 1.54) is 36.2 Å². The molecule has 0 atom stereocenters. The molecule has 2 heterocycles. The zero-order valence-electron chi connectivity index (χ0n) is 24.1. The smallest absolute Gasteiger partial charge is 0.247 e. The van der Waals surface area contributed by atoms with Crippen LogP contribution in [0.15, 0.2) is 67.5 Å². The van der Waals surface area contributed by atoms with E-state index in [9.17, 15) is 4.79 Å². The number of anilines is 4. The highest BCUT2D eigenvalue weighted by atomic mass is 16.5. The van der Waals surface area contributed by atoms with Gasteiger partial charge in [-0.3, -0.25) is 4.79 Å². The molecular formula is C32H37N7O2. The summed E-state index contributed by atoms with van der Waals surface area (Å²) in [6.07, 6.45) is 9.12. The summed E-state index contributed by atoms with van der Waals surface area (Å²) < 4.78 is 8.25. The third kappa shape index (κ3) is 4.91. The molecule has 1 amide bonds. The van der Waals surface area contributed by atoms with Crippen LogP contribution < -0.4 is 20.3 Å². The van der Waals surface area contributed by atoms with Crippen LogP contribution in [0.5, 0.6) is 5.75 Å². The number of ether oxygens (including phenoxy) is 1. The maximum atomic E-state index is 12.3. The van der Waals surface area contributed by atoms with Gasteiger partial charge in [0, 0.05) is 60.6 Å². The number of carbonyl (C=O) groups is 1. The zero-order valence-corrected chi connectivity index (χ0v) is 24.1. The third-order valence-corrected chi connectivity index (χ3v) is 8.46. The van der Waals surface area contributed by atoms with Gasteiger partial charge in [0.25, 0.3) is 0 Å². The van der Waals surface area contributed by atoms with Crippen LogP contribution in [0.3, 0.4) is 0 Å². The van der Waals surface area contributed by atoms with Crippen molar-refractivity contribution < 1.29 is 9.53 Å². The van der Waals surface area contributed by atoms with Crippen molar-refractivity contribution in [1.82, 2.24) is 19.4 Å². The lowest BCUT2D eigenvalue weighted by Gasteiger charge is -2.62. The summed E-state index contributed by atoms with van der Waals surface area (Å²) in [5.74, 6) is 1.66. The highest BCUT2D eigenvalue weighted by Gasteiger charge is 2.58. The van der Waals surface area contributed by atoms with Crippen molar-refractivity contribution in [2.24, 2.45) is 5.92 Å². The van der Waals surface area contributed by atoms with E-state index < -0.39 is 0 Å². The van der Waals surface area contributed by atoms with Crippen molar-refractivity contribution in [1.29, 1.82) is 0 Å². The molecule has 0 saturated heterocycles. The summed E-state index contributed by atoms with van der Waals surface area (Å²) in [6, 6.07) is 14.3. The molecular weight excluding hydrogens is 514 g/mol. The molecule has 9 heteroatoms. The van der Waals surface area contributed by atoms with Crippen molar-refractivity contribution in [2.75, 3.05) is 56.9 Å². The van der Waals surface area contributed by atoms with Crippen molar-refractivity contribution >= 4 is 39.8 Å². The lowest BCUT2D eigenvalue weighted by molar-refractivity contribution is -0.111. The number of aromatic nitrogens is 3. The van der Waals surface area contributed by atoms with E-state index in [4.69, 9.17) is 9.72 Å². The minimum Gasteiger partial charge on any atom is -0.494 e. The molecule has 9 nitrogen and oxygen atoms in total. The number of nitrogens with one attached hydrogen (secondary N) is 2. The normalized spacial score (nSPS) is 18.9. The molecule has 3 aliphatic carbocycles. The summed E-state index contributed by atoms with van der Waals surface area (Å²) in [4.78, 5) is 26.0. The predicted octanol–water partition coefficient (Wildman–Crippen LogP) is 5.48. The number of fused-ring (bicyclic) bond motifs is 1. The Hall–Kier alpha value is -4.37. The largest absolute Gasteiger partial charge is 0.494 e. The number of methoxy groups -OCH3 is 1. The van der Waals surface area contributed by atoms with Gasteiger partial charge in [0.2, 0.25) is 11.9 Å². The van der Waals surface area contributed by atoms with E-state index in [1.807, 2.05) is 39.3 Å². The molecule has 3 saturated carbocycles. The Morgan fingerprint density at radius 2 is 1.93 bits per heavy atom. The van der Waals surface area contributed by atoms with Crippen LogP contribution in [-0.2, 0) is 10.3 Å². The molecule has 3 aliphatic rings. The Morgan fingerprint density at radius 1 is 1.15 bits per heavy atom. The second kappa shape index (κ2) is 10.6. The summed E-state index contributed by atoms with van der Waals surface area (Å²) in [5, 5.41) is 7.48. The second-order valence-electron chi connectivity index (χ2n) is 11.5. The molecule has 2 bridgehead atoms. The number of carbonyl (C=O) groups excluding carboxylic acids is 1. The Balaban J connectivity index is 1.34. The van der Waals surface area contributed by atoms with Gasteiger partial charge >= 0.3 is 0 Å². The first-order valence-corrected chi connectivity index (χ1v) is 14.0. The molecule has 4 aromatic rings. The number of hydrogen-bond acceptors (Lipinski definition) is 7. The van der Waals surface area contributed by atoms with Crippen LogP contribution in [0.25, 0.3) is 22.2 Å². The lowest BCUT2D eigenvalue weighted by Crippen LogP contribution is -2.58. The Morgan fingerprint density at radius 3 is 2.61 bits per heavy atom. The molecule has 0 aliphatic heterocycles. The van der Waals surface area contributed by atoms with Gasteiger partial charge in [-0.2, -0.15) is 0 Å². The monoisotopic (exact) mass is 551 g/mol.